The monoisotopic (exact) mass is 392 g/mol. The Hall–Kier alpha value is -1.66. The second-order valence-electron chi connectivity index (χ2n) is 7.71. The van der Waals surface area contributed by atoms with Gasteiger partial charge in [0.25, 0.3) is 0 Å². The molecule has 0 saturated carbocycles. The van der Waals surface area contributed by atoms with Crippen molar-refractivity contribution < 1.29 is 9.84 Å². The molecule has 1 aliphatic rings. The van der Waals surface area contributed by atoms with Gasteiger partial charge in [-0.25, -0.2) is 0 Å². The minimum absolute atomic E-state index is 0.329. The zero-order valence-corrected chi connectivity index (χ0v) is 18.8. The molecule has 3 rings (SSSR count). The highest BCUT2D eigenvalue weighted by atomic mass is 16.5. The lowest BCUT2D eigenvalue weighted by atomic mass is 10.1. The van der Waals surface area contributed by atoms with E-state index < -0.39 is 0 Å². The van der Waals surface area contributed by atoms with Gasteiger partial charge in [0.2, 0.25) is 0 Å². The molecule has 0 amide bonds. The summed E-state index contributed by atoms with van der Waals surface area (Å²) < 4.78 is 9.29. The van der Waals surface area contributed by atoms with E-state index in [0.717, 1.165) is 25.3 Å². The van der Waals surface area contributed by atoms with Gasteiger partial charge in [-0.2, -0.15) is 10.2 Å². The number of ether oxygens (including phenoxy) is 1. The molecule has 0 spiro atoms. The summed E-state index contributed by atoms with van der Waals surface area (Å²) in [6.45, 7) is 16.6. The van der Waals surface area contributed by atoms with E-state index in [4.69, 9.17) is 9.84 Å². The molecular formula is C22H40N4O2. The van der Waals surface area contributed by atoms with Crippen molar-refractivity contribution >= 4 is 0 Å². The summed E-state index contributed by atoms with van der Waals surface area (Å²) in [4.78, 5) is 0. The summed E-state index contributed by atoms with van der Waals surface area (Å²) in [5, 5.41) is 18.0. The number of nitrogens with zero attached hydrogens (tertiary/aromatic N) is 4. The number of rotatable bonds is 5. The zero-order chi connectivity index (χ0) is 21.1. The Kier molecular flexibility index (Phi) is 11.1. The number of hydrogen-bond donors (Lipinski definition) is 1. The van der Waals surface area contributed by atoms with Gasteiger partial charge in [-0.1, -0.05) is 41.5 Å². The van der Waals surface area contributed by atoms with Crippen molar-refractivity contribution in [1.29, 1.82) is 0 Å². The van der Waals surface area contributed by atoms with Gasteiger partial charge >= 0.3 is 0 Å². The Labute approximate surface area is 170 Å². The molecule has 2 atom stereocenters. The van der Waals surface area contributed by atoms with Gasteiger partial charge in [0.1, 0.15) is 0 Å². The number of aliphatic hydroxyl groups is 1. The normalized spacial score (nSPS) is 17.6. The Morgan fingerprint density at radius 1 is 1.04 bits per heavy atom. The summed E-state index contributed by atoms with van der Waals surface area (Å²) in [5.41, 5.74) is 2.26. The second kappa shape index (κ2) is 12.7. The van der Waals surface area contributed by atoms with E-state index in [9.17, 15) is 0 Å². The van der Waals surface area contributed by atoms with Gasteiger partial charge in [-0.3, -0.25) is 9.36 Å². The molecule has 2 unspecified atom stereocenters. The molecule has 0 aromatic carbocycles. The third-order valence-corrected chi connectivity index (χ3v) is 4.43. The molecule has 2 aromatic heterocycles. The molecule has 6 heteroatoms. The largest absolute Gasteiger partial charge is 0.391 e. The summed E-state index contributed by atoms with van der Waals surface area (Å²) >= 11 is 0. The fraction of sp³-hybridized carbons (Fsp3) is 0.727. The Morgan fingerprint density at radius 3 is 2.11 bits per heavy atom. The first-order valence-corrected chi connectivity index (χ1v) is 10.7. The van der Waals surface area contributed by atoms with Crippen molar-refractivity contribution in [3.63, 3.8) is 0 Å². The minimum Gasteiger partial charge on any atom is -0.391 e. The molecule has 1 saturated heterocycles. The van der Waals surface area contributed by atoms with E-state index in [1.807, 2.05) is 26.1 Å². The fourth-order valence-corrected chi connectivity index (χ4v) is 2.85. The van der Waals surface area contributed by atoms with Crippen molar-refractivity contribution in [3.8, 4) is 0 Å². The minimum atomic E-state index is -0.329. The molecular weight excluding hydrogens is 352 g/mol. The molecule has 6 nitrogen and oxygen atoms in total. The number of hydrogen-bond acceptors (Lipinski definition) is 4. The van der Waals surface area contributed by atoms with Crippen molar-refractivity contribution in [2.75, 3.05) is 13.2 Å². The van der Waals surface area contributed by atoms with E-state index in [-0.39, 0.29) is 6.10 Å². The zero-order valence-electron chi connectivity index (χ0n) is 18.8. The molecule has 160 valence electrons. The Morgan fingerprint density at radius 2 is 1.64 bits per heavy atom. The van der Waals surface area contributed by atoms with Crippen molar-refractivity contribution in [2.24, 2.45) is 0 Å². The van der Waals surface area contributed by atoms with Crippen LogP contribution in [0.1, 0.15) is 90.6 Å². The van der Waals surface area contributed by atoms with Crippen LogP contribution in [-0.4, -0.2) is 44.0 Å². The predicted molar refractivity (Wildman–Crippen MR) is 115 cm³/mol. The quantitative estimate of drug-likeness (QED) is 0.796. The summed E-state index contributed by atoms with van der Waals surface area (Å²) in [6.07, 6.45) is 6.00. The van der Waals surface area contributed by atoms with E-state index in [2.05, 4.69) is 54.8 Å². The van der Waals surface area contributed by atoms with Crippen LogP contribution in [0.25, 0.3) is 0 Å². The van der Waals surface area contributed by atoms with Crippen LogP contribution in [0.3, 0.4) is 0 Å². The molecule has 2 aromatic rings. The van der Waals surface area contributed by atoms with Crippen LogP contribution in [0.2, 0.25) is 0 Å². The average molecular weight is 393 g/mol. The maximum Gasteiger partial charge on any atom is 0.0753 e. The van der Waals surface area contributed by atoms with Crippen LogP contribution >= 0.6 is 0 Å². The molecule has 0 radical (unpaired) electrons. The van der Waals surface area contributed by atoms with Crippen molar-refractivity contribution in [2.45, 2.75) is 91.8 Å². The van der Waals surface area contributed by atoms with Crippen LogP contribution < -0.4 is 0 Å². The average Bonchev–Trinajstić information content (AvgIpc) is 3.34. The maximum atomic E-state index is 9.09. The van der Waals surface area contributed by atoms with E-state index >= 15 is 0 Å². The van der Waals surface area contributed by atoms with Crippen LogP contribution in [0.5, 0.6) is 0 Å². The van der Waals surface area contributed by atoms with Gasteiger partial charge in [0.05, 0.1) is 36.7 Å². The molecule has 3 heterocycles. The van der Waals surface area contributed by atoms with Gasteiger partial charge in [0.15, 0.2) is 0 Å². The lowest BCUT2D eigenvalue weighted by Crippen LogP contribution is -2.21. The highest BCUT2D eigenvalue weighted by molar-refractivity contribution is 5.04. The van der Waals surface area contributed by atoms with Gasteiger partial charge in [-0.05, 0) is 43.7 Å². The van der Waals surface area contributed by atoms with Crippen LogP contribution in [0.4, 0.5) is 0 Å². The highest BCUT2D eigenvalue weighted by Gasteiger charge is 2.16. The fourth-order valence-electron chi connectivity index (χ4n) is 2.85. The predicted octanol–water partition coefficient (Wildman–Crippen LogP) is 4.77. The summed E-state index contributed by atoms with van der Waals surface area (Å²) in [7, 11) is 0. The first-order chi connectivity index (χ1) is 13.4. The highest BCUT2D eigenvalue weighted by Crippen LogP contribution is 2.20. The number of aliphatic hydroxyl groups excluding tert-OH is 1. The van der Waals surface area contributed by atoms with E-state index in [1.54, 1.807) is 11.6 Å². The molecule has 1 fully saturated rings. The van der Waals surface area contributed by atoms with Crippen molar-refractivity contribution in [3.05, 3.63) is 35.9 Å². The third-order valence-electron chi connectivity index (χ3n) is 4.43. The van der Waals surface area contributed by atoms with Gasteiger partial charge in [-0.15, -0.1) is 0 Å². The molecule has 1 aliphatic heterocycles. The molecule has 0 aliphatic carbocycles. The lowest BCUT2D eigenvalue weighted by Gasteiger charge is -2.22. The number of aromatic nitrogens is 4. The molecule has 0 bridgehead atoms. The Bertz CT molecular complexity index is 641. The second-order valence-corrected chi connectivity index (χ2v) is 7.71. The Balaban J connectivity index is 0.000000260. The van der Waals surface area contributed by atoms with Crippen LogP contribution in [-0.2, 0) is 11.3 Å². The molecule has 28 heavy (non-hydrogen) atoms. The van der Waals surface area contributed by atoms with Crippen molar-refractivity contribution in [1.82, 2.24) is 19.6 Å². The van der Waals surface area contributed by atoms with E-state index in [0.29, 0.717) is 24.4 Å². The lowest BCUT2D eigenvalue weighted by molar-refractivity contribution is 0.0548. The van der Waals surface area contributed by atoms with Gasteiger partial charge in [0, 0.05) is 19.0 Å². The summed E-state index contributed by atoms with van der Waals surface area (Å²) in [5.74, 6) is 0.973. The third kappa shape index (κ3) is 8.15. The van der Waals surface area contributed by atoms with E-state index in [1.165, 1.54) is 12.1 Å². The summed E-state index contributed by atoms with van der Waals surface area (Å²) in [6, 6.07) is 4.56. The van der Waals surface area contributed by atoms with Crippen LogP contribution in [0, 0.1) is 0 Å². The molecule has 1 N–H and O–H groups in total. The smallest absolute Gasteiger partial charge is 0.0753 e. The SMILES string of the molecule is CC.CC(C)c1ccn(C2CCCOC2)n1.CC(O)Cn1ccc(C(C)C)n1. The maximum absolute atomic E-state index is 9.09. The topological polar surface area (TPSA) is 65.1 Å². The van der Waals surface area contributed by atoms with Gasteiger partial charge < -0.3 is 9.84 Å². The first-order valence-electron chi connectivity index (χ1n) is 10.7. The first kappa shape index (κ1) is 24.4. The standard InChI is InChI=1S/C11H18N2O.C9H16N2O.C2H6/c1-9(2)11-5-6-13(12-11)10-4-3-7-14-8-10;1-7(2)9-4-5-11(10-9)6-8(3)12;1-2/h5-6,9-10H,3-4,7-8H2,1-2H3;4-5,7-8,12H,6H2,1-3H3;1-2H3. The van der Waals surface area contributed by atoms with Crippen LogP contribution in [0.15, 0.2) is 24.5 Å².